The smallest absolute Gasteiger partial charge is 0.246 e. The van der Waals surface area contributed by atoms with Gasteiger partial charge in [0.15, 0.2) is 0 Å². The molecule has 0 radical (unpaired) electrons. The van der Waals surface area contributed by atoms with Crippen LogP contribution < -0.4 is 10.2 Å². The van der Waals surface area contributed by atoms with Crippen molar-refractivity contribution in [1.29, 1.82) is 0 Å². The molecule has 3 N–H and O–H groups in total. The molecule has 0 bridgehead atoms. The van der Waals surface area contributed by atoms with E-state index in [1.54, 1.807) is 18.2 Å². The van der Waals surface area contributed by atoms with Gasteiger partial charge in [-0.1, -0.05) is 18.2 Å². The second-order valence-electron chi connectivity index (χ2n) is 3.83. The first-order valence-corrected chi connectivity index (χ1v) is 6.92. The summed E-state index contributed by atoms with van der Waals surface area (Å²) in [5.41, 5.74) is -0.165. The molecule has 0 saturated carbocycles. The van der Waals surface area contributed by atoms with Gasteiger partial charge in [-0.3, -0.25) is 4.79 Å². The molecule has 19 heavy (non-hydrogen) atoms. The molecule has 6 nitrogen and oxygen atoms in total. The molecular formula is C12H12N2O4S. The molecule has 0 fully saturated rings. The third kappa shape index (κ3) is 3.01. The first-order chi connectivity index (χ1) is 9.00. The van der Waals surface area contributed by atoms with Crippen LogP contribution in [0.4, 0.5) is 0 Å². The molecule has 100 valence electrons. The van der Waals surface area contributed by atoms with Crippen LogP contribution in [0.2, 0.25) is 0 Å². The molecule has 7 heteroatoms. The lowest BCUT2D eigenvalue weighted by atomic mass is 10.2. The third-order valence-electron chi connectivity index (χ3n) is 2.52. The fraction of sp³-hybridized carbons (Fsp3) is 0.0833. The molecule has 0 atom stereocenters. The monoisotopic (exact) mass is 280 g/mol. The maximum atomic E-state index is 11.9. The zero-order valence-corrected chi connectivity index (χ0v) is 10.6. The minimum atomic E-state index is -3.91. The predicted molar refractivity (Wildman–Crippen MR) is 69.2 cm³/mol. The Labute approximate surface area is 109 Å². The van der Waals surface area contributed by atoms with Gasteiger partial charge in [-0.05, 0) is 6.07 Å². The lowest BCUT2D eigenvalue weighted by Crippen LogP contribution is -2.27. The number of sulfonamides is 1. The summed E-state index contributed by atoms with van der Waals surface area (Å²) in [5, 5.41) is 9.53. The Morgan fingerprint density at radius 1 is 1.21 bits per heavy atom. The van der Waals surface area contributed by atoms with Crippen LogP contribution in [0.3, 0.4) is 0 Å². The number of aromatic nitrogens is 1. The molecule has 0 unspecified atom stereocenters. The number of aromatic hydroxyl groups is 1. The molecule has 2 aromatic rings. The number of hydrogen-bond acceptors (Lipinski definition) is 4. The van der Waals surface area contributed by atoms with E-state index >= 15 is 0 Å². The largest absolute Gasteiger partial charge is 0.508 e. The average Bonchev–Trinajstić information content (AvgIpc) is 2.38. The van der Waals surface area contributed by atoms with Crippen LogP contribution in [0.5, 0.6) is 5.75 Å². The highest BCUT2D eigenvalue weighted by Crippen LogP contribution is 2.15. The van der Waals surface area contributed by atoms with Crippen LogP contribution in [0.15, 0.2) is 52.4 Å². The lowest BCUT2D eigenvalue weighted by molar-refractivity contribution is 0.467. The summed E-state index contributed by atoms with van der Waals surface area (Å²) < 4.78 is 26.1. The van der Waals surface area contributed by atoms with Crippen molar-refractivity contribution in [2.75, 3.05) is 0 Å². The fourth-order valence-corrected chi connectivity index (χ4v) is 2.58. The predicted octanol–water partition coefficient (Wildman–Crippen LogP) is 0.559. The summed E-state index contributed by atoms with van der Waals surface area (Å²) in [6.07, 6.45) is 2.47. The Balaban J connectivity index is 2.22. The first kappa shape index (κ1) is 13.3. The third-order valence-corrected chi connectivity index (χ3v) is 3.94. The minimum Gasteiger partial charge on any atom is -0.508 e. The number of rotatable bonds is 4. The molecule has 0 aliphatic carbocycles. The second kappa shape index (κ2) is 5.25. The SMILES string of the molecule is O=c1cc[nH]cc1S(=O)(=O)NCc1ccccc1O. The molecule has 0 saturated heterocycles. The van der Waals surface area contributed by atoms with E-state index in [-0.39, 0.29) is 17.2 Å². The Kier molecular flexibility index (Phi) is 3.68. The number of H-pyrrole nitrogens is 1. The van der Waals surface area contributed by atoms with Crippen LogP contribution in [-0.4, -0.2) is 18.5 Å². The topological polar surface area (TPSA) is 99.3 Å². The van der Waals surface area contributed by atoms with E-state index in [1.165, 1.54) is 12.3 Å². The molecular weight excluding hydrogens is 268 g/mol. The Hall–Kier alpha value is -2.12. The van der Waals surface area contributed by atoms with Crippen molar-refractivity contribution in [2.45, 2.75) is 11.4 Å². The second-order valence-corrected chi connectivity index (χ2v) is 5.56. The summed E-state index contributed by atoms with van der Waals surface area (Å²) in [7, 11) is -3.91. The van der Waals surface area contributed by atoms with Crippen molar-refractivity contribution in [3.63, 3.8) is 0 Å². The number of phenolic OH excluding ortho intramolecular Hbond substituents is 1. The average molecular weight is 280 g/mol. The normalized spacial score (nSPS) is 11.4. The van der Waals surface area contributed by atoms with Crippen LogP contribution in [0, 0.1) is 0 Å². The molecule has 1 aromatic carbocycles. The van der Waals surface area contributed by atoms with E-state index in [9.17, 15) is 18.3 Å². The van der Waals surface area contributed by atoms with Gasteiger partial charge in [0, 0.05) is 30.6 Å². The summed E-state index contributed by atoms with van der Waals surface area (Å²) in [4.78, 5) is 13.6. The zero-order chi connectivity index (χ0) is 13.9. The number of aromatic amines is 1. The zero-order valence-electron chi connectivity index (χ0n) is 9.83. The number of benzene rings is 1. The van der Waals surface area contributed by atoms with Crippen LogP contribution >= 0.6 is 0 Å². The van der Waals surface area contributed by atoms with Gasteiger partial charge >= 0.3 is 0 Å². The van der Waals surface area contributed by atoms with Crippen LogP contribution in [0.25, 0.3) is 0 Å². The number of para-hydroxylation sites is 1. The summed E-state index contributed by atoms with van der Waals surface area (Å²) in [5.74, 6) is -0.00725. The van der Waals surface area contributed by atoms with E-state index < -0.39 is 15.5 Å². The van der Waals surface area contributed by atoms with Crippen molar-refractivity contribution >= 4 is 10.0 Å². The highest BCUT2D eigenvalue weighted by molar-refractivity contribution is 7.89. The van der Waals surface area contributed by atoms with E-state index in [1.807, 2.05) is 0 Å². The number of nitrogens with one attached hydrogen (secondary N) is 2. The molecule has 2 rings (SSSR count). The summed E-state index contributed by atoms with van der Waals surface area (Å²) >= 11 is 0. The van der Waals surface area contributed by atoms with Crippen molar-refractivity contribution in [2.24, 2.45) is 0 Å². The van der Waals surface area contributed by atoms with E-state index in [0.717, 1.165) is 12.3 Å². The van der Waals surface area contributed by atoms with Crippen molar-refractivity contribution in [3.05, 3.63) is 58.5 Å². The van der Waals surface area contributed by atoms with Gasteiger partial charge < -0.3 is 10.1 Å². The maximum absolute atomic E-state index is 11.9. The molecule has 0 aliphatic rings. The van der Waals surface area contributed by atoms with Crippen LogP contribution in [-0.2, 0) is 16.6 Å². The van der Waals surface area contributed by atoms with E-state index in [2.05, 4.69) is 9.71 Å². The maximum Gasteiger partial charge on any atom is 0.246 e. The highest BCUT2D eigenvalue weighted by atomic mass is 32.2. The Morgan fingerprint density at radius 2 is 1.95 bits per heavy atom. The van der Waals surface area contributed by atoms with Gasteiger partial charge in [0.25, 0.3) is 0 Å². The highest BCUT2D eigenvalue weighted by Gasteiger charge is 2.17. The molecule has 0 aliphatic heterocycles. The molecule has 1 heterocycles. The van der Waals surface area contributed by atoms with Gasteiger partial charge in [-0.2, -0.15) is 0 Å². The number of hydrogen-bond donors (Lipinski definition) is 3. The van der Waals surface area contributed by atoms with Crippen LogP contribution in [0.1, 0.15) is 5.56 Å². The van der Waals surface area contributed by atoms with Crippen molar-refractivity contribution in [3.8, 4) is 5.75 Å². The fourth-order valence-electron chi connectivity index (χ4n) is 1.52. The Morgan fingerprint density at radius 3 is 2.63 bits per heavy atom. The summed E-state index contributed by atoms with van der Waals surface area (Å²) in [6.45, 7) is -0.0939. The number of phenols is 1. The quantitative estimate of drug-likeness (QED) is 0.762. The van der Waals surface area contributed by atoms with Gasteiger partial charge in [0.05, 0.1) is 0 Å². The molecule has 0 spiro atoms. The first-order valence-electron chi connectivity index (χ1n) is 5.44. The Bertz CT molecular complexity index is 737. The molecule has 1 aromatic heterocycles. The molecule has 0 amide bonds. The van der Waals surface area contributed by atoms with Gasteiger partial charge in [-0.15, -0.1) is 0 Å². The van der Waals surface area contributed by atoms with Gasteiger partial charge in [-0.25, -0.2) is 13.1 Å². The van der Waals surface area contributed by atoms with E-state index in [4.69, 9.17) is 0 Å². The number of pyridine rings is 1. The minimum absolute atomic E-state index is 0.00725. The standard InChI is InChI=1S/C12H12N2O4S/c15-10-4-2-1-3-9(10)7-14-19(17,18)12-8-13-6-5-11(12)16/h1-6,8,14-15H,7H2,(H,13,16). The van der Waals surface area contributed by atoms with Crippen molar-refractivity contribution in [1.82, 2.24) is 9.71 Å². The summed E-state index contributed by atoms with van der Waals surface area (Å²) in [6, 6.07) is 7.49. The van der Waals surface area contributed by atoms with Gasteiger partial charge in [0.1, 0.15) is 10.6 Å². The van der Waals surface area contributed by atoms with Gasteiger partial charge in [0.2, 0.25) is 15.5 Å². The van der Waals surface area contributed by atoms with E-state index in [0.29, 0.717) is 5.56 Å². The lowest BCUT2D eigenvalue weighted by Gasteiger charge is -2.07. The van der Waals surface area contributed by atoms with Crippen molar-refractivity contribution < 1.29 is 13.5 Å².